The lowest BCUT2D eigenvalue weighted by Gasteiger charge is -2.00. The number of carbonyl (C=O) groups is 1. The van der Waals surface area contributed by atoms with Gasteiger partial charge in [-0.3, -0.25) is 0 Å². The van der Waals surface area contributed by atoms with Gasteiger partial charge in [0.05, 0.1) is 6.10 Å². The van der Waals surface area contributed by atoms with Crippen LogP contribution in [0.1, 0.15) is 26.7 Å². The number of rotatable bonds is 4. The fourth-order valence-electron chi connectivity index (χ4n) is 0.822. The Kier molecular flexibility index (Phi) is 4.54. The fourth-order valence-corrected chi connectivity index (χ4v) is 0.822. The number of aliphatic hydroxyl groups excluding tert-OH is 1. The highest BCUT2D eigenvalue weighted by Crippen LogP contribution is 2.05. The minimum absolute atomic E-state index is 0.294. The van der Waals surface area contributed by atoms with Gasteiger partial charge in [0.1, 0.15) is 0 Å². The van der Waals surface area contributed by atoms with Crippen LogP contribution in [-0.4, -0.2) is 22.3 Å². The normalized spacial score (nSPS) is 14.6. The lowest BCUT2D eigenvalue weighted by atomic mass is 10.1. The topological polar surface area (TPSA) is 57.5 Å². The number of carboxylic acids is 1. The van der Waals surface area contributed by atoms with E-state index in [1.165, 1.54) is 6.08 Å². The number of hydrogen-bond acceptors (Lipinski definition) is 2. The zero-order valence-electron chi connectivity index (χ0n) is 6.87. The predicted molar refractivity (Wildman–Crippen MR) is 42.3 cm³/mol. The van der Waals surface area contributed by atoms with E-state index in [2.05, 4.69) is 0 Å². The summed E-state index contributed by atoms with van der Waals surface area (Å²) in [6, 6.07) is 0. The van der Waals surface area contributed by atoms with Crippen molar-refractivity contribution in [2.24, 2.45) is 0 Å². The Labute approximate surface area is 66.4 Å². The molecule has 0 aliphatic heterocycles. The van der Waals surface area contributed by atoms with E-state index in [-0.39, 0.29) is 0 Å². The van der Waals surface area contributed by atoms with Crippen LogP contribution in [0.3, 0.4) is 0 Å². The van der Waals surface area contributed by atoms with Gasteiger partial charge in [0.25, 0.3) is 0 Å². The highest BCUT2D eigenvalue weighted by molar-refractivity contribution is 5.86. The molecule has 0 heterocycles. The molecule has 0 spiro atoms. The summed E-state index contributed by atoms with van der Waals surface area (Å²) >= 11 is 0. The summed E-state index contributed by atoms with van der Waals surface area (Å²) in [5.74, 6) is -0.937. The lowest BCUT2D eigenvalue weighted by molar-refractivity contribution is -0.132. The highest BCUT2D eigenvalue weighted by atomic mass is 16.4. The molecule has 0 saturated heterocycles. The standard InChI is InChI=1S/C8H14O3/c1-3-4-7(8(10)11)5-6(2)9/h5-6,9H,3-4H2,1-2H3,(H,10,11)/b7-5+. The molecule has 2 N–H and O–H groups in total. The summed E-state index contributed by atoms with van der Waals surface area (Å²) in [6.45, 7) is 3.44. The summed E-state index contributed by atoms with van der Waals surface area (Å²) in [5, 5.41) is 17.4. The molecule has 11 heavy (non-hydrogen) atoms. The molecule has 0 radical (unpaired) electrons. The van der Waals surface area contributed by atoms with Crippen LogP contribution < -0.4 is 0 Å². The van der Waals surface area contributed by atoms with E-state index in [0.29, 0.717) is 12.0 Å². The zero-order valence-corrected chi connectivity index (χ0v) is 6.87. The molecule has 0 aliphatic carbocycles. The first-order chi connectivity index (χ1) is 5.07. The average Bonchev–Trinajstić information content (AvgIpc) is 1.86. The second kappa shape index (κ2) is 4.91. The number of aliphatic carboxylic acids is 1. The second-order valence-electron chi connectivity index (χ2n) is 2.49. The Balaban J connectivity index is 4.20. The fraction of sp³-hybridized carbons (Fsp3) is 0.625. The van der Waals surface area contributed by atoms with Crippen molar-refractivity contribution in [1.29, 1.82) is 0 Å². The van der Waals surface area contributed by atoms with Crippen LogP contribution in [0.25, 0.3) is 0 Å². The van der Waals surface area contributed by atoms with E-state index in [1.807, 2.05) is 6.92 Å². The van der Waals surface area contributed by atoms with Crippen molar-refractivity contribution in [3.05, 3.63) is 11.6 Å². The van der Waals surface area contributed by atoms with Crippen LogP contribution in [0.5, 0.6) is 0 Å². The minimum atomic E-state index is -0.937. The molecule has 0 bridgehead atoms. The molecule has 0 saturated carbocycles. The van der Waals surface area contributed by atoms with Gasteiger partial charge < -0.3 is 10.2 Å². The van der Waals surface area contributed by atoms with E-state index in [4.69, 9.17) is 10.2 Å². The van der Waals surface area contributed by atoms with E-state index in [0.717, 1.165) is 6.42 Å². The van der Waals surface area contributed by atoms with Gasteiger partial charge in [-0.15, -0.1) is 0 Å². The molecule has 0 aromatic carbocycles. The molecule has 0 fully saturated rings. The summed E-state index contributed by atoms with van der Waals surface area (Å²) in [4.78, 5) is 10.4. The van der Waals surface area contributed by atoms with Crippen molar-refractivity contribution in [3.63, 3.8) is 0 Å². The van der Waals surface area contributed by atoms with E-state index >= 15 is 0 Å². The molecule has 0 aromatic rings. The van der Waals surface area contributed by atoms with Gasteiger partial charge in [-0.25, -0.2) is 4.79 Å². The van der Waals surface area contributed by atoms with Crippen molar-refractivity contribution in [2.75, 3.05) is 0 Å². The van der Waals surface area contributed by atoms with Crippen LogP contribution in [0, 0.1) is 0 Å². The first kappa shape index (κ1) is 10.2. The molecule has 1 unspecified atom stereocenters. The molecule has 3 nitrogen and oxygen atoms in total. The lowest BCUT2D eigenvalue weighted by Crippen LogP contribution is -2.05. The van der Waals surface area contributed by atoms with Gasteiger partial charge in [-0.2, -0.15) is 0 Å². The maximum Gasteiger partial charge on any atom is 0.331 e. The summed E-state index contributed by atoms with van der Waals surface area (Å²) in [6.07, 6.45) is 1.99. The Morgan fingerprint density at radius 1 is 1.64 bits per heavy atom. The Hall–Kier alpha value is -0.830. The van der Waals surface area contributed by atoms with Crippen molar-refractivity contribution in [1.82, 2.24) is 0 Å². The van der Waals surface area contributed by atoms with E-state index in [9.17, 15) is 4.79 Å². The number of hydrogen-bond donors (Lipinski definition) is 2. The monoisotopic (exact) mass is 158 g/mol. The SMILES string of the molecule is CCC/C(=C\C(C)O)C(=O)O. The van der Waals surface area contributed by atoms with Crippen LogP contribution in [0.15, 0.2) is 11.6 Å². The maximum atomic E-state index is 10.4. The van der Waals surface area contributed by atoms with Crippen LogP contribution in [-0.2, 0) is 4.79 Å². The highest BCUT2D eigenvalue weighted by Gasteiger charge is 2.06. The summed E-state index contributed by atoms with van der Waals surface area (Å²) < 4.78 is 0. The van der Waals surface area contributed by atoms with Crippen molar-refractivity contribution in [3.8, 4) is 0 Å². The molecule has 64 valence electrons. The predicted octanol–water partition coefficient (Wildman–Crippen LogP) is 1.18. The Bertz CT molecular complexity index is 159. The molecular weight excluding hydrogens is 144 g/mol. The van der Waals surface area contributed by atoms with Crippen molar-refractivity contribution >= 4 is 5.97 Å². The molecule has 3 heteroatoms. The Morgan fingerprint density at radius 3 is 2.45 bits per heavy atom. The van der Waals surface area contributed by atoms with Gasteiger partial charge in [0.2, 0.25) is 0 Å². The van der Waals surface area contributed by atoms with Crippen LogP contribution in [0.4, 0.5) is 0 Å². The molecule has 0 aliphatic rings. The third kappa shape index (κ3) is 4.56. The van der Waals surface area contributed by atoms with Crippen LogP contribution in [0.2, 0.25) is 0 Å². The van der Waals surface area contributed by atoms with Gasteiger partial charge in [-0.1, -0.05) is 13.3 Å². The van der Waals surface area contributed by atoms with Gasteiger partial charge in [0.15, 0.2) is 0 Å². The summed E-state index contributed by atoms with van der Waals surface area (Å²) in [5.41, 5.74) is 0.294. The van der Waals surface area contributed by atoms with Gasteiger partial charge >= 0.3 is 5.97 Å². The second-order valence-corrected chi connectivity index (χ2v) is 2.49. The number of carboxylic acid groups (broad SMARTS) is 1. The van der Waals surface area contributed by atoms with Gasteiger partial charge in [0, 0.05) is 5.57 Å². The quantitative estimate of drug-likeness (QED) is 0.604. The Morgan fingerprint density at radius 2 is 2.18 bits per heavy atom. The van der Waals surface area contributed by atoms with Crippen LogP contribution >= 0.6 is 0 Å². The van der Waals surface area contributed by atoms with E-state index < -0.39 is 12.1 Å². The molecule has 0 rings (SSSR count). The van der Waals surface area contributed by atoms with Gasteiger partial charge in [-0.05, 0) is 19.4 Å². The zero-order chi connectivity index (χ0) is 8.85. The van der Waals surface area contributed by atoms with Crippen molar-refractivity contribution < 1.29 is 15.0 Å². The minimum Gasteiger partial charge on any atom is -0.478 e. The van der Waals surface area contributed by atoms with E-state index in [1.54, 1.807) is 6.92 Å². The molecule has 1 atom stereocenters. The smallest absolute Gasteiger partial charge is 0.331 e. The third-order valence-electron chi connectivity index (χ3n) is 1.24. The average molecular weight is 158 g/mol. The molecular formula is C8H14O3. The van der Waals surface area contributed by atoms with Crippen molar-refractivity contribution in [2.45, 2.75) is 32.8 Å². The first-order valence-corrected chi connectivity index (χ1v) is 3.70. The largest absolute Gasteiger partial charge is 0.478 e. The number of aliphatic hydroxyl groups is 1. The summed E-state index contributed by atoms with van der Waals surface area (Å²) in [7, 11) is 0. The first-order valence-electron chi connectivity index (χ1n) is 3.70. The molecule has 0 aromatic heterocycles. The maximum absolute atomic E-state index is 10.4. The third-order valence-corrected chi connectivity index (χ3v) is 1.24. The molecule has 0 amide bonds.